The van der Waals surface area contributed by atoms with Gasteiger partial charge in [0, 0.05) is 38.1 Å². The number of aromatic nitrogens is 3. The van der Waals surface area contributed by atoms with Crippen molar-refractivity contribution in [3.05, 3.63) is 18.6 Å². The highest BCUT2D eigenvalue weighted by atomic mass is 15.3. The number of likely N-dealkylation sites (N-methyl/N-ethyl adjacent to an activating group) is 1. The molecular weight excluding hydrogens is 240 g/mol. The monoisotopic (exact) mass is 260 g/mol. The Bertz CT molecular complexity index is 578. The minimum atomic E-state index is 0.525. The fraction of sp³-hybridized carbons (Fsp3) is 0.538. The van der Waals surface area contributed by atoms with Gasteiger partial charge in [0.25, 0.3) is 0 Å². The van der Waals surface area contributed by atoms with Crippen molar-refractivity contribution in [1.29, 1.82) is 0 Å². The van der Waals surface area contributed by atoms with Gasteiger partial charge in [-0.2, -0.15) is 0 Å². The summed E-state index contributed by atoms with van der Waals surface area (Å²) in [4.78, 5) is 13.6. The molecule has 2 aromatic heterocycles. The quantitative estimate of drug-likeness (QED) is 0.867. The number of rotatable bonds is 2. The molecule has 0 amide bonds. The average Bonchev–Trinajstić information content (AvgIpc) is 2.85. The van der Waals surface area contributed by atoms with Crippen molar-refractivity contribution in [2.24, 2.45) is 0 Å². The fourth-order valence-electron chi connectivity index (χ4n) is 2.80. The van der Waals surface area contributed by atoms with Gasteiger partial charge in [-0.3, -0.25) is 4.90 Å². The molecule has 1 fully saturated rings. The second kappa shape index (κ2) is 4.70. The van der Waals surface area contributed by atoms with E-state index in [1.807, 2.05) is 10.6 Å². The zero-order chi connectivity index (χ0) is 13.4. The second-order valence-electron chi connectivity index (χ2n) is 5.07. The standard InChI is InChI=1S/C13H20N6/c1-3-17-6-7-19(8-10(17)2)13-12-15-4-5-18(12)9-11(14)16-13/h4-5,9-10H,3,6-8,14H2,1-2H3. The number of anilines is 2. The van der Waals surface area contributed by atoms with Crippen LogP contribution in [0.3, 0.4) is 0 Å². The third kappa shape index (κ3) is 2.12. The Morgan fingerprint density at radius 1 is 1.42 bits per heavy atom. The Labute approximate surface area is 112 Å². The molecule has 3 heterocycles. The first-order valence-corrected chi connectivity index (χ1v) is 6.77. The summed E-state index contributed by atoms with van der Waals surface area (Å²) in [5, 5.41) is 0. The van der Waals surface area contributed by atoms with Crippen LogP contribution in [-0.2, 0) is 0 Å². The van der Waals surface area contributed by atoms with Crippen molar-refractivity contribution >= 4 is 17.3 Å². The van der Waals surface area contributed by atoms with E-state index >= 15 is 0 Å². The van der Waals surface area contributed by atoms with E-state index in [9.17, 15) is 0 Å². The largest absolute Gasteiger partial charge is 0.382 e. The zero-order valence-corrected chi connectivity index (χ0v) is 11.5. The molecule has 1 aliphatic rings. The van der Waals surface area contributed by atoms with Crippen LogP contribution < -0.4 is 10.6 Å². The number of nitrogens with zero attached hydrogens (tertiary/aromatic N) is 5. The number of piperazine rings is 1. The number of hydrogen-bond donors (Lipinski definition) is 1. The van der Waals surface area contributed by atoms with Gasteiger partial charge in [-0.1, -0.05) is 6.92 Å². The average molecular weight is 260 g/mol. The van der Waals surface area contributed by atoms with Gasteiger partial charge >= 0.3 is 0 Å². The molecule has 2 N–H and O–H groups in total. The molecule has 0 aromatic carbocycles. The van der Waals surface area contributed by atoms with Crippen LogP contribution in [0.5, 0.6) is 0 Å². The van der Waals surface area contributed by atoms with Gasteiger partial charge < -0.3 is 15.0 Å². The number of hydrogen-bond acceptors (Lipinski definition) is 5. The van der Waals surface area contributed by atoms with E-state index in [4.69, 9.17) is 5.73 Å². The summed E-state index contributed by atoms with van der Waals surface area (Å²) in [6.07, 6.45) is 5.49. The molecule has 0 aliphatic carbocycles. The zero-order valence-electron chi connectivity index (χ0n) is 11.5. The number of imidazole rings is 1. The third-order valence-corrected chi connectivity index (χ3v) is 3.85. The normalized spacial score (nSPS) is 21.2. The van der Waals surface area contributed by atoms with Crippen molar-refractivity contribution in [3.63, 3.8) is 0 Å². The van der Waals surface area contributed by atoms with Crippen LogP contribution in [0, 0.1) is 0 Å². The third-order valence-electron chi connectivity index (χ3n) is 3.85. The molecule has 1 atom stereocenters. The predicted octanol–water partition coefficient (Wildman–Crippen LogP) is 0.842. The lowest BCUT2D eigenvalue weighted by molar-refractivity contribution is 0.199. The van der Waals surface area contributed by atoms with E-state index in [2.05, 4.69) is 33.6 Å². The van der Waals surface area contributed by atoms with E-state index < -0.39 is 0 Å². The number of nitrogen functional groups attached to an aromatic ring is 1. The first-order chi connectivity index (χ1) is 9.19. The van der Waals surface area contributed by atoms with Gasteiger partial charge in [0.15, 0.2) is 11.5 Å². The van der Waals surface area contributed by atoms with Crippen molar-refractivity contribution in [2.75, 3.05) is 36.8 Å². The van der Waals surface area contributed by atoms with Crippen molar-refractivity contribution in [3.8, 4) is 0 Å². The second-order valence-corrected chi connectivity index (χ2v) is 5.07. The maximum absolute atomic E-state index is 5.88. The van der Waals surface area contributed by atoms with Crippen LogP contribution in [0.25, 0.3) is 5.65 Å². The maximum atomic E-state index is 5.88. The molecule has 6 heteroatoms. The van der Waals surface area contributed by atoms with Crippen LogP contribution in [0.1, 0.15) is 13.8 Å². The molecule has 0 spiro atoms. The molecule has 102 valence electrons. The van der Waals surface area contributed by atoms with E-state index in [1.54, 1.807) is 12.4 Å². The summed E-state index contributed by atoms with van der Waals surface area (Å²) >= 11 is 0. The highest BCUT2D eigenvalue weighted by Crippen LogP contribution is 2.22. The summed E-state index contributed by atoms with van der Waals surface area (Å²) < 4.78 is 1.94. The molecule has 3 rings (SSSR count). The van der Waals surface area contributed by atoms with Gasteiger partial charge in [-0.05, 0) is 13.5 Å². The van der Waals surface area contributed by atoms with Crippen molar-refractivity contribution in [2.45, 2.75) is 19.9 Å². The van der Waals surface area contributed by atoms with Crippen molar-refractivity contribution in [1.82, 2.24) is 19.3 Å². The summed E-state index contributed by atoms with van der Waals surface area (Å²) in [6.45, 7) is 8.55. The van der Waals surface area contributed by atoms with Gasteiger partial charge in [0.05, 0.1) is 6.20 Å². The Balaban J connectivity index is 1.94. The first kappa shape index (κ1) is 12.2. The van der Waals surface area contributed by atoms with Gasteiger partial charge in [-0.15, -0.1) is 0 Å². The van der Waals surface area contributed by atoms with E-state index in [1.165, 1.54) is 0 Å². The summed E-state index contributed by atoms with van der Waals surface area (Å²) in [5.74, 6) is 1.43. The fourth-order valence-corrected chi connectivity index (χ4v) is 2.80. The Morgan fingerprint density at radius 3 is 3.00 bits per heavy atom. The van der Waals surface area contributed by atoms with E-state index in [-0.39, 0.29) is 0 Å². The molecule has 0 bridgehead atoms. The highest BCUT2D eigenvalue weighted by Gasteiger charge is 2.25. The highest BCUT2D eigenvalue weighted by molar-refractivity contribution is 5.66. The van der Waals surface area contributed by atoms with Gasteiger partial charge in [-0.25, -0.2) is 9.97 Å². The Kier molecular flexibility index (Phi) is 3.02. The lowest BCUT2D eigenvalue weighted by Gasteiger charge is -2.39. The molecule has 0 saturated carbocycles. The number of nitrogens with two attached hydrogens (primary N) is 1. The smallest absolute Gasteiger partial charge is 0.180 e. The molecule has 2 aromatic rings. The lowest BCUT2D eigenvalue weighted by atomic mass is 10.2. The molecule has 19 heavy (non-hydrogen) atoms. The molecule has 1 saturated heterocycles. The van der Waals surface area contributed by atoms with Crippen LogP contribution in [0.4, 0.5) is 11.6 Å². The minimum Gasteiger partial charge on any atom is -0.382 e. The van der Waals surface area contributed by atoms with Crippen LogP contribution in [0.15, 0.2) is 18.6 Å². The Hall–Kier alpha value is -1.82. The van der Waals surface area contributed by atoms with Gasteiger partial charge in [0.2, 0.25) is 0 Å². The maximum Gasteiger partial charge on any atom is 0.180 e. The molecular formula is C13H20N6. The summed E-state index contributed by atoms with van der Waals surface area (Å²) in [7, 11) is 0. The Morgan fingerprint density at radius 2 is 2.26 bits per heavy atom. The van der Waals surface area contributed by atoms with Gasteiger partial charge in [0.1, 0.15) is 5.82 Å². The molecule has 1 unspecified atom stereocenters. The molecule has 0 radical (unpaired) electrons. The van der Waals surface area contributed by atoms with E-state index in [0.717, 1.165) is 37.6 Å². The predicted molar refractivity (Wildman–Crippen MR) is 76.3 cm³/mol. The molecule has 6 nitrogen and oxygen atoms in total. The molecule has 1 aliphatic heterocycles. The van der Waals surface area contributed by atoms with Crippen LogP contribution in [0.2, 0.25) is 0 Å². The lowest BCUT2D eigenvalue weighted by Crippen LogP contribution is -2.52. The van der Waals surface area contributed by atoms with Crippen LogP contribution in [-0.4, -0.2) is 51.5 Å². The summed E-state index contributed by atoms with van der Waals surface area (Å²) in [6, 6.07) is 0.525. The van der Waals surface area contributed by atoms with E-state index in [0.29, 0.717) is 11.9 Å². The minimum absolute atomic E-state index is 0.525. The topological polar surface area (TPSA) is 62.7 Å². The first-order valence-electron chi connectivity index (χ1n) is 6.77. The number of fused-ring (bicyclic) bond motifs is 1. The summed E-state index contributed by atoms with van der Waals surface area (Å²) in [5.41, 5.74) is 6.76. The SMILES string of the molecule is CCN1CCN(c2nc(N)cn3ccnc23)CC1C. The van der Waals surface area contributed by atoms with Crippen LogP contribution >= 0.6 is 0 Å². The van der Waals surface area contributed by atoms with Crippen molar-refractivity contribution < 1.29 is 0 Å².